The van der Waals surface area contributed by atoms with Crippen LogP contribution in [0.15, 0.2) is 30.3 Å². The average Bonchev–Trinajstić information content (AvgIpc) is 2.33. The Morgan fingerprint density at radius 2 is 2.00 bits per heavy atom. The van der Waals surface area contributed by atoms with Crippen molar-refractivity contribution in [3.05, 3.63) is 30.3 Å². The van der Waals surface area contributed by atoms with Crippen LogP contribution in [0, 0.1) is 0 Å². The third-order valence-corrected chi connectivity index (χ3v) is 2.68. The van der Waals surface area contributed by atoms with Gasteiger partial charge in [0.2, 0.25) is 11.8 Å². The molecule has 0 aliphatic carbocycles. The Bertz CT molecular complexity index is 403. The summed E-state index contributed by atoms with van der Waals surface area (Å²) in [5, 5.41) is 2.69. The summed E-state index contributed by atoms with van der Waals surface area (Å²) in [6.45, 7) is 2.00. The monoisotopic (exact) mass is 218 g/mol. The van der Waals surface area contributed by atoms with Gasteiger partial charge in [0.05, 0.1) is 0 Å². The molecule has 16 heavy (non-hydrogen) atoms. The van der Waals surface area contributed by atoms with Crippen LogP contribution >= 0.6 is 0 Å². The van der Waals surface area contributed by atoms with Gasteiger partial charge in [-0.1, -0.05) is 25.1 Å². The predicted octanol–water partition coefficient (Wildman–Crippen LogP) is 0.928. The van der Waals surface area contributed by atoms with Crippen LogP contribution in [0.2, 0.25) is 0 Å². The largest absolute Gasteiger partial charge is 0.343 e. The van der Waals surface area contributed by atoms with E-state index in [2.05, 4.69) is 5.32 Å². The lowest BCUT2D eigenvalue weighted by molar-refractivity contribution is -0.131. The van der Waals surface area contributed by atoms with E-state index in [0.717, 1.165) is 5.69 Å². The number of hydrogen-bond acceptors (Lipinski definition) is 2. The summed E-state index contributed by atoms with van der Waals surface area (Å²) in [6.07, 6.45) is 0.619. The van der Waals surface area contributed by atoms with Crippen LogP contribution in [0.3, 0.4) is 0 Å². The molecule has 1 N–H and O–H groups in total. The molecule has 1 fully saturated rings. The van der Waals surface area contributed by atoms with Crippen molar-refractivity contribution in [3.8, 4) is 0 Å². The molecule has 4 nitrogen and oxygen atoms in total. The molecule has 0 bridgehead atoms. The van der Waals surface area contributed by atoms with Gasteiger partial charge >= 0.3 is 0 Å². The molecule has 1 saturated heterocycles. The van der Waals surface area contributed by atoms with Gasteiger partial charge < -0.3 is 10.2 Å². The maximum atomic E-state index is 12.0. The second-order valence-electron chi connectivity index (χ2n) is 3.79. The highest BCUT2D eigenvalue weighted by molar-refractivity contribution is 6.06. The van der Waals surface area contributed by atoms with E-state index >= 15 is 0 Å². The van der Waals surface area contributed by atoms with Gasteiger partial charge in [0.15, 0.2) is 0 Å². The Labute approximate surface area is 94.2 Å². The van der Waals surface area contributed by atoms with Crippen molar-refractivity contribution in [1.82, 2.24) is 5.32 Å². The summed E-state index contributed by atoms with van der Waals surface area (Å²) in [7, 11) is 0. The summed E-state index contributed by atoms with van der Waals surface area (Å²) in [4.78, 5) is 25.0. The zero-order valence-corrected chi connectivity index (χ0v) is 9.14. The molecule has 1 aliphatic rings. The van der Waals surface area contributed by atoms with Crippen LogP contribution < -0.4 is 10.2 Å². The third-order valence-electron chi connectivity index (χ3n) is 2.68. The molecule has 1 aromatic rings. The minimum absolute atomic E-state index is 0.0340. The smallest absolute Gasteiger partial charge is 0.250 e. The average molecular weight is 218 g/mol. The van der Waals surface area contributed by atoms with E-state index in [4.69, 9.17) is 0 Å². The molecular formula is C12H14N2O2. The number of amides is 2. The third kappa shape index (κ3) is 1.91. The molecule has 84 valence electrons. The topological polar surface area (TPSA) is 49.4 Å². The molecule has 2 amide bonds. The summed E-state index contributed by atoms with van der Waals surface area (Å²) < 4.78 is 0. The fourth-order valence-electron chi connectivity index (χ4n) is 1.81. The van der Waals surface area contributed by atoms with E-state index in [1.807, 2.05) is 37.3 Å². The molecule has 2 rings (SSSR count). The lowest BCUT2D eigenvalue weighted by Gasteiger charge is -2.32. The number of hydrogen-bond donors (Lipinski definition) is 1. The number of nitrogens with one attached hydrogen (secondary N) is 1. The maximum Gasteiger partial charge on any atom is 0.250 e. The van der Waals surface area contributed by atoms with Crippen LogP contribution in [0.25, 0.3) is 0 Å². The van der Waals surface area contributed by atoms with Crippen molar-refractivity contribution in [1.29, 1.82) is 0 Å². The Hall–Kier alpha value is -1.84. The molecule has 0 spiro atoms. The van der Waals surface area contributed by atoms with Crippen molar-refractivity contribution < 1.29 is 9.59 Å². The quantitative estimate of drug-likeness (QED) is 0.802. The van der Waals surface area contributed by atoms with Gasteiger partial charge in [-0.3, -0.25) is 9.59 Å². The van der Waals surface area contributed by atoms with Crippen LogP contribution in [0.5, 0.6) is 0 Å². The van der Waals surface area contributed by atoms with Gasteiger partial charge in [0, 0.05) is 5.69 Å². The molecule has 1 unspecified atom stereocenters. The second kappa shape index (κ2) is 4.35. The van der Waals surface area contributed by atoms with Crippen molar-refractivity contribution in [3.63, 3.8) is 0 Å². The first kappa shape index (κ1) is 10.7. The Morgan fingerprint density at radius 3 is 2.62 bits per heavy atom. The van der Waals surface area contributed by atoms with E-state index in [-0.39, 0.29) is 24.4 Å². The lowest BCUT2D eigenvalue weighted by atomic mass is 10.1. The number of benzene rings is 1. The van der Waals surface area contributed by atoms with Gasteiger partial charge in [0.1, 0.15) is 12.6 Å². The molecule has 1 atom stereocenters. The highest BCUT2D eigenvalue weighted by Gasteiger charge is 2.31. The molecule has 0 aromatic heterocycles. The van der Waals surface area contributed by atoms with Crippen molar-refractivity contribution in [2.75, 3.05) is 11.4 Å². The van der Waals surface area contributed by atoms with Crippen LogP contribution in [0.4, 0.5) is 5.69 Å². The first-order chi connectivity index (χ1) is 7.72. The van der Waals surface area contributed by atoms with Crippen LogP contribution in [-0.4, -0.2) is 24.4 Å². The molecule has 0 saturated carbocycles. The zero-order chi connectivity index (χ0) is 11.5. The summed E-state index contributed by atoms with van der Waals surface area (Å²) in [5.74, 6) is -0.136. The number of nitrogens with zero attached hydrogens (tertiary/aromatic N) is 1. The highest BCUT2D eigenvalue weighted by Crippen LogP contribution is 2.17. The van der Waals surface area contributed by atoms with Gasteiger partial charge in [-0.15, -0.1) is 0 Å². The van der Waals surface area contributed by atoms with Gasteiger partial charge in [-0.05, 0) is 18.6 Å². The fraction of sp³-hybridized carbons (Fsp3) is 0.333. The minimum Gasteiger partial charge on any atom is -0.343 e. The number of rotatable bonds is 2. The minimum atomic E-state index is -0.388. The Kier molecular flexibility index (Phi) is 2.90. The van der Waals surface area contributed by atoms with E-state index in [0.29, 0.717) is 6.42 Å². The number of anilines is 1. The standard InChI is InChI=1S/C12H14N2O2/c1-2-10-12(16)14(8-11(15)13-10)9-6-4-3-5-7-9/h3-7,10H,2,8H2,1H3,(H,13,15). The predicted molar refractivity (Wildman–Crippen MR) is 61.0 cm³/mol. The van der Waals surface area contributed by atoms with E-state index < -0.39 is 0 Å². The lowest BCUT2D eigenvalue weighted by Crippen LogP contribution is -2.58. The molecule has 1 aromatic carbocycles. The van der Waals surface area contributed by atoms with Crippen LogP contribution in [-0.2, 0) is 9.59 Å². The molecular weight excluding hydrogens is 204 g/mol. The van der Waals surface area contributed by atoms with Gasteiger partial charge in [0.25, 0.3) is 0 Å². The van der Waals surface area contributed by atoms with Gasteiger partial charge in [-0.2, -0.15) is 0 Å². The van der Waals surface area contributed by atoms with Crippen LogP contribution in [0.1, 0.15) is 13.3 Å². The molecule has 4 heteroatoms. The van der Waals surface area contributed by atoms with E-state index in [1.165, 1.54) is 4.90 Å². The van der Waals surface area contributed by atoms with E-state index in [9.17, 15) is 9.59 Å². The molecule has 1 heterocycles. The summed E-state index contributed by atoms with van der Waals surface area (Å²) >= 11 is 0. The van der Waals surface area contributed by atoms with E-state index in [1.54, 1.807) is 0 Å². The fourth-order valence-corrected chi connectivity index (χ4v) is 1.81. The normalized spacial score (nSPS) is 20.8. The number of carbonyl (C=O) groups excluding carboxylic acids is 2. The number of piperazine rings is 1. The number of para-hydroxylation sites is 1. The first-order valence-corrected chi connectivity index (χ1v) is 5.38. The van der Waals surface area contributed by atoms with Crippen molar-refractivity contribution in [2.45, 2.75) is 19.4 Å². The zero-order valence-electron chi connectivity index (χ0n) is 9.14. The Morgan fingerprint density at radius 1 is 1.31 bits per heavy atom. The van der Waals surface area contributed by atoms with Crippen molar-refractivity contribution >= 4 is 17.5 Å². The summed E-state index contributed by atoms with van der Waals surface area (Å²) in [6, 6.07) is 8.88. The maximum absolute atomic E-state index is 12.0. The molecule has 1 aliphatic heterocycles. The number of carbonyl (C=O) groups is 2. The molecule has 0 radical (unpaired) electrons. The van der Waals surface area contributed by atoms with Gasteiger partial charge in [-0.25, -0.2) is 0 Å². The Balaban J connectivity index is 2.27. The first-order valence-electron chi connectivity index (χ1n) is 5.38. The summed E-state index contributed by atoms with van der Waals surface area (Å²) in [5.41, 5.74) is 0.779. The highest BCUT2D eigenvalue weighted by atomic mass is 16.2. The second-order valence-corrected chi connectivity index (χ2v) is 3.79. The SMILES string of the molecule is CCC1NC(=O)CN(c2ccccc2)C1=O. The van der Waals surface area contributed by atoms with Crippen molar-refractivity contribution in [2.24, 2.45) is 0 Å².